The molecule has 1 amide bonds. The van der Waals surface area contributed by atoms with E-state index in [9.17, 15) is 14.4 Å². The SMILES string of the molecule is Cc1cc(C)cc(-n2c(=O)c3sccc3n(CC(=O)N[C@@H]3CCc4ccccc43)c2=O)c1. The molecule has 1 aliphatic carbocycles. The summed E-state index contributed by atoms with van der Waals surface area (Å²) in [7, 11) is 0. The Hall–Kier alpha value is -3.45. The first kappa shape index (κ1) is 20.5. The van der Waals surface area contributed by atoms with Crippen LogP contribution >= 0.6 is 11.3 Å². The van der Waals surface area contributed by atoms with Crippen molar-refractivity contribution in [1.29, 1.82) is 0 Å². The third-order valence-corrected chi connectivity index (χ3v) is 6.88. The molecule has 1 atom stereocenters. The van der Waals surface area contributed by atoms with Crippen molar-refractivity contribution in [2.45, 2.75) is 39.3 Å². The van der Waals surface area contributed by atoms with Gasteiger partial charge in [-0.15, -0.1) is 11.3 Å². The lowest BCUT2D eigenvalue weighted by Crippen LogP contribution is -2.41. The van der Waals surface area contributed by atoms with E-state index in [2.05, 4.69) is 11.4 Å². The fourth-order valence-corrected chi connectivity index (χ4v) is 5.46. The summed E-state index contributed by atoms with van der Waals surface area (Å²) in [6.07, 6.45) is 1.77. The number of nitrogens with zero attached hydrogens (tertiary/aromatic N) is 2. The molecule has 32 heavy (non-hydrogen) atoms. The van der Waals surface area contributed by atoms with Gasteiger partial charge in [0.25, 0.3) is 5.56 Å². The summed E-state index contributed by atoms with van der Waals surface area (Å²) < 4.78 is 3.04. The Morgan fingerprint density at radius 3 is 2.62 bits per heavy atom. The maximum atomic E-state index is 13.4. The van der Waals surface area contributed by atoms with Gasteiger partial charge in [0.15, 0.2) is 0 Å². The van der Waals surface area contributed by atoms with Gasteiger partial charge in [-0.05, 0) is 72.5 Å². The van der Waals surface area contributed by atoms with Crippen LogP contribution in [-0.2, 0) is 17.8 Å². The smallest absolute Gasteiger partial charge is 0.336 e. The van der Waals surface area contributed by atoms with Gasteiger partial charge in [0.1, 0.15) is 11.2 Å². The largest absolute Gasteiger partial charge is 0.348 e. The van der Waals surface area contributed by atoms with Crippen LogP contribution in [0.5, 0.6) is 0 Å². The second-order valence-corrected chi connectivity index (χ2v) is 9.26. The summed E-state index contributed by atoms with van der Waals surface area (Å²) in [5.41, 5.74) is 4.45. The molecule has 1 aliphatic rings. The molecule has 0 spiro atoms. The summed E-state index contributed by atoms with van der Waals surface area (Å²) in [6.45, 7) is 3.71. The minimum atomic E-state index is -0.507. The van der Waals surface area contributed by atoms with E-state index in [4.69, 9.17) is 0 Å². The molecule has 0 bridgehead atoms. The van der Waals surface area contributed by atoms with Gasteiger partial charge in [-0.3, -0.25) is 14.2 Å². The molecule has 0 unspecified atom stereocenters. The van der Waals surface area contributed by atoms with Crippen LogP contribution in [0.15, 0.2) is 63.5 Å². The van der Waals surface area contributed by atoms with E-state index in [-0.39, 0.29) is 24.1 Å². The van der Waals surface area contributed by atoms with Crippen LogP contribution in [0.2, 0.25) is 0 Å². The Labute approximate surface area is 188 Å². The predicted octanol–water partition coefficient (Wildman–Crippen LogP) is 3.63. The Morgan fingerprint density at radius 1 is 1.09 bits per heavy atom. The number of benzene rings is 2. The van der Waals surface area contributed by atoms with Gasteiger partial charge in [-0.2, -0.15) is 0 Å². The third-order valence-electron chi connectivity index (χ3n) is 5.99. The van der Waals surface area contributed by atoms with Gasteiger partial charge in [0, 0.05) is 0 Å². The number of nitrogens with one attached hydrogen (secondary N) is 1. The number of fused-ring (bicyclic) bond motifs is 2. The maximum absolute atomic E-state index is 13.4. The molecular weight excluding hydrogens is 422 g/mol. The number of hydrogen-bond donors (Lipinski definition) is 1. The second kappa shape index (κ2) is 7.91. The van der Waals surface area contributed by atoms with Gasteiger partial charge in [-0.1, -0.05) is 30.3 Å². The Kier molecular flexibility index (Phi) is 5.06. The van der Waals surface area contributed by atoms with Crippen molar-refractivity contribution in [3.05, 3.63) is 97.0 Å². The molecule has 0 radical (unpaired) electrons. The third kappa shape index (κ3) is 3.48. The van der Waals surface area contributed by atoms with Crippen molar-refractivity contribution in [1.82, 2.24) is 14.5 Å². The maximum Gasteiger partial charge on any atom is 0.336 e. The topological polar surface area (TPSA) is 73.1 Å². The first-order valence-electron chi connectivity index (χ1n) is 10.6. The standard InChI is InChI=1S/C25H23N3O3S/c1-15-11-16(2)13-18(12-15)28-24(30)23-21(9-10-32-23)27(25(28)31)14-22(29)26-20-8-7-17-5-3-4-6-19(17)20/h3-6,9-13,20H,7-8,14H2,1-2H3,(H,26,29)/t20-/m1/s1. The van der Waals surface area contributed by atoms with E-state index < -0.39 is 5.69 Å². The van der Waals surface area contributed by atoms with Crippen molar-refractivity contribution in [3.8, 4) is 5.69 Å². The average Bonchev–Trinajstić information content (AvgIpc) is 3.39. The lowest BCUT2D eigenvalue weighted by atomic mass is 10.1. The lowest BCUT2D eigenvalue weighted by molar-refractivity contribution is -0.122. The van der Waals surface area contributed by atoms with Crippen LogP contribution in [0, 0.1) is 13.8 Å². The molecule has 0 saturated carbocycles. The van der Waals surface area contributed by atoms with E-state index in [1.165, 1.54) is 26.0 Å². The van der Waals surface area contributed by atoms with E-state index in [1.807, 2.05) is 50.2 Å². The van der Waals surface area contributed by atoms with Crippen molar-refractivity contribution in [3.63, 3.8) is 0 Å². The molecule has 0 fully saturated rings. The molecule has 4 aromatic rings. The summed E-state index contributed by atoms with van der Waals surface area (Å²) in [5.74, 6) is -0.244. The molecule has 0 aliphatic heterocycles. The van der Waals surface area contributed by atoms with Gasteiger partial charge in [0.05, 0.1) is 17.2 Å². The van der Waals surface area contributed by atoms with Gasteiger partial charge < -0.3 is 5.32 Å². The zero-order chi connectivity index (χ0) is 22.4. The Bertz CT molecular complexity index is 1460. The molecule has 2 aromatic heterocycles. The number of aryl methyl sites for hydroxylation is 3. The van der Waals surface area contributed by atoms with Crippen LogP contribution < -0.4 is 16.6 Å². The zero-order valence-electron chi connectivity index (χ0n) is 17.9. The fourth-order valence-electron chi connectivity index (χ4n) is 4.64. The van der Waals surface area contributed by atoms with Crippen LogP contribution in [0.1, 0.15) is 34.7 Å². The quantitative estimate of drug-likeness (QED) is 0.521. The number of hydrogen-bond acceptors (Lipinski definition) is 4. The minimum Gasteiger partial charge on any atom is -0.348 e. The number of thiophene rings is 1. The zero-order valence-corrected chi connectivity index (χ0v) is 18.7. The average molecular weight is 446 g/mol. The van der Waals surface area contributed by atoms with Crippen molar-refractivity contribution in [2.24, 2.45) is 0 Å². The summed E-state index contributed by atoms with van der Waals surface area (Å²) in [5, 5.41) is 4.85. The number of aromatic nitrogens is 2. The molecule has 1 N–H and O–H groups in total. The van der Waals surface area contributed by atoms with E-state index in [0.717, 1.165) is 29.5 Å². The van der Waals surface area contributed by atoms with Crippen LogP contribution in [-0.4, -0.2) is 15.0 Å². The summed E-state index contributed by atoms with van der Waals surface area (Å²) in [6, 6.07) is 15.4. The molecular formula is C25H23N3O3S. The number of rotatable bonds is 4. The molecule has 2 aromatic carbocycles. The molecule has 5 rings (SSSR count). The summed E-state index contributed by atoms with van der Waals surface area (Å²) >= 11 is 1.28. The van der Waals surface area contributed by atoms with E-state index >= 15 is 0 Å². The molecule has 162 valence electrons. The highest BCUT2D eigenvalue weighted by atomic mass is 32.1. The highest BCUT2D eigenvalue weighted by Crippen LogP contribution is 2.30. The highest BCUT2D eigenvalue weighted by Gasteiger charge is 2.24. The van der Waals surface area contributed by atoms with Gasteiger partial charge >= 0.3 is 5.69 Å². The monoisotopic (exact) mass is 445 g/mol. The molecule has 6 nitrogen and oxygen atoms in total. The van der Waals surface area contributed by atoms with Crippen molar-refractivity contribution >= 4 is 27.5 Å². The normalized spacial score (nSPS) is 15.1. The highest BCUT2D eigenvalue weighted by molar-refractivity contribution is 7.17. The molecule has 0 saturated heterocycles. The van der Waals surface area contributed by atoms with Gasteiger partial charge in [-0.25, -0.2) is 9.36 Å². The number of carbonyl (C=O) groups is 1. The lowest BCUT2D eigenvalue weighted by Gasteiger charge is -2.16. The first-order valence-corrected chi connectivity index (χ1v) is 11.5. The van der Waals surface area contributed by atoms with Crippen molar-refractivity contribution < 1.29 is 4.79 Å². The predicted molar refractivity (Wildman–Crippen MR) is 127 cm³/mol. The minimum absolute atomic E-state index is 0.0577. The summed E-state index contributed by atoms with van der Waals surface area (Å²) in [4.78, 5) is 39.6. The number of amides is 1. The van der Waals surface area contributed by atoms with Crippen LogP contribution in [0.25, 0.3) is 15.9 Å². The van der Waals surface area contributed by atoms with E-state index in [0.29, 0.717) is 15.9 Å². The first-order chi connectivity index (χ1) is 15.4. The Balaban J connectivity index is 1.54. The van der Waals surface area contributed by atoms with E-state index in [1.54, 1.807) is 11.4 Å². The van der Waals surface area contributed by atoms with Crippen LogP contribution in [0.4, 0.5) is 0 Å². The number of carbonyl (C=O) groups excluding carboxylic acids is 1. The fraction of sp³-hybridized carbons (Fsp3) is 0.240. The van der Waals surface area contributed by atoms with Crippen LogP contribution in [0.3, 0.4) is 0 Å². The molecule has 7 heteroatoms. The van der Waals surface area contributed by atoms with Crippen molar-refractivity contribution in [2.75, 3.05) is 0 Å². The Morgan fingerprint density at radius 2 is 1.84 bits per heavy atom. The molecule has 2 heterocycles. The van der Waals surface area contributed by atoms with Gasteiger partial charge in [0.2, 0.25) is 5.91 Å². The second-order valence-electron chi connectivity index (χ2n) is 8.35.